The van der Waals surface area contributed by atoms with Crippen LogP contribution in [0.25, 0.3) is 5.32 Å². The predicted octanol–water partition coefficient (Wildman–Crippen LogP) is 1.13. The molecule has 0 radical (unpaired) electrons. The van der Waals surface area contributed by atoms with Crippen molar-refractivity contribution in [3.8, 4) is 0 Å². The Hall–Kier alpha value is -0.0800. The molecule has 2 rings (SSSR count). The Kier molecular flexibility index (Phi) is 1.66. The van der Waals surface area contributed by atoms with Crippen molar-refractivity contribution < 1.29 is 0 Å². The van der Waals surface area contributed by atoms with E-state index in [1.165, 1.54) is 32.4 Å². The first-order valence-electron chi connectivity index (χ1n) is 4.25. The molecule has 0 bridgehead atoms. The van der Waals surface area contributed by atoms with E-state index in [2.05, 4.69) is 10.6 Å². The molecule has 2 aliphatic heterocycles. The summed E-state index contributed by atoms with van der Waals surface area (Å²) in [6, 6.07) is 0. The van der Waals surface area contributed by atoms with Gasteiger partial charge in [0.25, 0.3) is 0 Å². The fourth-order valence-electron chi connectivity index (χ4n) is 2.09. The van der Waals surface area contributed by atoms with E-state index in [1.54, 1.807) is 0 Å². The number of hydrogen-bond donors (Lipinski definition) is 1. The lowest BCUT2D eigenvalue weighted by molar-refractivity contribution is 0.270. The largest absolute Gasteiger partial charge is 0.662 e. The van der Waals surface area contributed by atoms with Gasteiger partial charge in [0.2, 0.25) is 0 Å². The van der Waals surface area contributed by atoms with Crippen LogP contribution in [0.5, 0.6) is 0 Å². The lowest BCUT2D eigenvalue weighted by atomic mass is 9.78. The lowest BCUT2D eigenvalue weighted by Crippen LogP contribution is -2.29. The lowest BCUT2D eigenvalue weighted by Gasteiger charge is -2.40. The topological polar surface area (TPSA) is 26.1 Å². The minimum absolute atomic E-state index is 0.668. The molecule has 0 aromatic carbocycles. The van der Waals surface area contributed by atoms with Gasteiger partial charge in [0.1, 0.15) is 0 Å². The Morgan fingerprint density at radius 2 is 1.90 bits per heavy atom. The highest BCUT2D eigenvalue weighted by Crippen LogP contribution is 2.37. The van der Waals surface area contributed by atoms with Gasteiger partial charge in [0, 0.05) is 6.54 Å². The van der Waals surface area contributed by atoms with Crippen molar-refractivity contribution in [1.82, 2.24) is 5.32 Å². The minimum atomic E-state index is 0.668. The molecule has 0 unspecified atom stereocenters. The molecule has 0 atom stereocenters. The Labute approximate surface area is 62.4 Å². The summed E-state index contributed by atoms with van der Waals surface area (Å²) in [6.07, 6.45) is 4.06. The maximum absolute atomic E-state index is 4.37. The SMILES string of the molecule is C1CC2(CC[N-]1)CCNC2. The quantitative estimate of drug-likeness (QED) is 0.535. The first kappa shape index (κ1) is 6.62. The molecule has 1 N–H and O–H groups in total. The third-order valence-electron chi connectivity index (χ3n) is 2.93. The van der Waals surface area contributed by atoms with Crippen molar-refractivity contribution in [2.24, 2.45) is 5.41 Å². The summed E-state index contributed by atoms with van der Waals surface area (Å²) in [7, 11) is 0. The van der Waals surface area contributed by atoms with Gasteiger partial charge in [-0.15, -0.1) is 13.1 Å². The van der Waals surface area contributed by atoms with Gasteiger partial charge in [0.05, 0.1) is 0 Å². The second-order valence-electron chi connectivity index (χ2n) is 3.60. The minimum Gasteiger partial charge on any atom is -0.662 e. The van der Waals surface area contributed by atoms with Gasteiger partial charge in [0.15, 0.2) is 0 Å². The third kappa shape index (κ3) is 1.06. The van der Waals surface area contributed by atoms with Crippen LogP contribution in [0.4, 0.5) is 0 Å². The molecule has 0 aromatic heterocycles. The Morgan fingerprint density at radius 1 is 1.10 bits per heavy atom. The summed E-state index contributed by atoms with van der Waals surface area (Å²) in [4.78, 5) is 0. The summed E-state index contributed by atoms with van der Waals surface area (Å²) < 4.78 is 0. The van der Waals surface area contributed by atoms with Crippen LogP contribution in [0, 0.1) is 5.41 Å². The monoisotopic (exact) mass is 139 g/mol. The highest BCUT2D eigenvalue weighted by Gasteiger charge is 2.31. The molecule has 2 aliphatic rings. The number of rotatable bonds is 0. The molecule has 0 aliphatic carbocycles. The van der Waals surface area contributed by atoms with Gasteiger partial charge in [-0.25, -0.2) is 0 Å². The van der Waals surface area contributed by atoms with Crippen LogP contribution in [0.3, 0.4) is 0 Å². The highest BCUT2D eigenvalue weighted by molar-refractivity contribution is 4.99. The zero-order valence-electron chi connectivity index (χ0n) is 6.40. The van der Waals surface area contributed by atoms with Gasteiger partial charge in [-0.3, -0.25) is 0 Å². The number of nitrogens with zero attached hydrogens (tertiary/aromatic N) is 1. The Balaban J connectivity index is 1.98. The average molecular weight is 139 g/mol. The van der Waals surface area contributed by atoms with Crippen molar-refractivity contribution in [3.05, 3.63) is 5.32 Å². The zero-order valence-corrected chi connectivity index (χ0v) is 6.40. The predicted molar refractivity (Wildman–Crippen MR) is 42.2 cm³/mol. The van der Waals surface area contributed by atoms with Gasteiger partial charge in [-0.1, -0.05) is 12.8 Å². The molecular formula is C8H15N2-. The van der Waals surface area contributed by atoms with Crippen molar-refractivity contribution in [1.29, 1.82) is 0 Å². The fourth-order valence-corrected chi connectivity index (χ4v) is 2.09. The summed E-state index contributed by atoms with van der Waals surface area (Å²) in [6.45, 7) is 4.71. The van der Waals surface area contributed by atoms with Crippen LogP contribution in [0.1, 0.15) is 19.3 Å². The number of hydrogen-bond acceptors (Lipinski definition) is 1. The molecule has 10 heavy (non-hydrogen) atoms. The third-order valence-corrected chi connectivity index (χ3v) is 2.93. The van der Waals surface area contributed by atoms with E-state index < -0.39 is 0 Å². The van der Waals surface area contributed by atoms with Crippen LogP contribution in [-0.4, -0.2) is 26.2 Å². The van der Waals surface area contributed by atoms with Crippen LogP contribution >= 0.6 is 0 Å². The first-order chi connectivity index (χ1) is 4.91. The maximum Gasteiger partial charge on any atom is 0.000704 e. The molecule has 2 heteroatoms. The normalized spacial score (nSPS) is 31.2. The zero-order chi connectivity index (χ0) is 6.86. The second-order valence-corrected chi connectivity index (χ2v) is 3.60. The molecular weight excluding hydrogens is 124 g/mol. The van der Waals surface area contributed by atoms with Crippen LogP contribution < -0.4 is 5.32 Å². The van der Waals surface area contributed by atoms with Gasteiger partial charge in [-0.2, -0.15) is 0 Å². The molecule has 1 spiro atoms. The van der Waals surface area contributed by atoms with Crippen molar-refractivity contribution in [2.45, 2.75) is 19.3 Å². The summed E-state index contributed by atoms with van der Waals surface area (Å²) in [5, 5.41) is 7.81. The van der Waals surface area contributed by atoms with Crippen LogP contribution in [0.15, 0.2) is 0 Å². The summed E-state index contributed by atoms with van der Waals surface area (Å²) in [5.41, 5.74) is 0.668. The summed E-state index contributed by atoms with van der Waals surface area (Å²) in [5.74, 6) is 0. The molecule has 2 heterocycles. The van der Waals surface area contributed by atoms with Crippen LogP contribution in [-0.2, 0) is 0 Å². The molecule has 2 nitrogen and oxygen atoms in total. The molecule has 0 saturated carbocycles. The molecule has 0 aromatic rings. The van der Waals surface area contributed by atoms with E-state index in [1.807, 2.05) is 0 Å². The van der Waals surface area contributed by atoms with E-state index >= 15 is 0 Å². The van der Waals surface area contributed by atoms with Gasteiger partial charge >= 0.3 is 0 Å². The summed E-state index contributed by atoms with van der Waals surface area (Å²) >= 11 is 0. The second kappa shape index (κ2) is 2.51. The molecule has 2 saturated heterocycles. The fraction of sp³-hybridized carbons (Fsp3) is 1.00. The number of nitrogens with one attached hydrogen (secondary N) is 1. The van der Waals surface area contributed by atoms with Crippen molar-refractivity contribution in [2.75, 3.05) is 26.2 Å². The van der Waals surface area contributed by atoms with Gasteiger partial charge in [-0.05, 0) is 18.4 Å². The van der Waals surface area contributed by atoms with E-state index in [9.17, 15) is 0 Å². The van der Waals surface area contributed by atoms with E-state index in [-0.39, 0.29) is 0 Å². The first-order valence-corrected chi connectivity index (χ1v) is 4.25. The standard InChI is InChI=1S/C8H15N2/c1-4-9-5-2-8(1)3-6-10-7-8/h10H,1-7H2/q-1. The Morgan fingerprint density at radius 3 is 2.50 bits per heavy atom. The smallest absolute Gasteiger partial charge is 0.000704 e. The van der Waals surface area contributed by atoms with Gasteiger partial charge < -0.3 is 10.6 Å². The van der Waals surface area contributed by atoms with Crippen LogP contribution in [0.2, 0.25) is 0 Å². The van der Waals surface area contributed by atoms with Crippen molar-refractivity contribution in [3.63, 3.8) is 0 Å². The Bertz CT molecular complexity index is 108. The van der Waals surface area contributed by atoms with Crippen molar-refractivity contribution >= 4 is 0 Å². The molecule has 2 fully saturated rings. The van der Waals surface area contributed by atoms with E-state index in [0.29, 0.717) is 5.41 Å². The number of piperidine rings is 1. The molecule has 58 valence electrons. The average Bonchev–Trinajstić information content (AvgIpc) is 2.39. The highest BCUT2D eigenvalue weighted by atomic mass is 15.0. The molecule has 0 amide bonds. The van der Waals surface area contributed by atoms with E-state index in [4.69, 9.17) is 0 Å². The maximum atomic E-state index is 4.37. The van der Waals surface area contributed by atoms with E-state index in [0.717, 1.165) is 13.1 Å².